The maximum absolute atomic E-state index is 12.1. The van der Waals surface area contributed by atoms with Crippen LogP contribution < -0.4 is 5.32 Å². The first-order valence-corrected chi connectivity index (χ1v) is 8.32. The van der Waals surface area contributed by atoms with E-state index in [1.54, 1.807) is 6.92 Å². The molecule has 0 unspecified atom stereocenters. The minimum absolute atomic E-state index is 0.326. The predicted molar refractivity (Wildman–Crippen MR) is 91.9 cm³/mol. The first-order valence-electron chi connectivity index (χ1n) is 7.56. The zero-order chi connectivity index (χ0) is 17.4. The van der Waals surface area contributed by atoms with Crippen molar-refractivity contribution in [2.45, 2.75) is 50.5 Å². The number of hydrogen-bond acceptors (Lipinski definition) is 3. The Morgan fingerprint density at radius 1 is 1.17 bits per heavy atom. The second kappa shape index (κ2) is 6.33. The second-order valence-corrected chi connectivity index (χ2v) is 8.01. The van der Waals surface area contributed by atoms with Crippen molar-refractivity contribution < 1.29 is 14.3 Å². The van der Waals surface area contributed by atoms with Gasteiger partial charge < -0.3 is 10.1 Å². The van der Waals surface area contributed by atoms with Crippen LogP contribution in [0.5, 0.6) is 0 Å². The summed E-state index contributed by atoms with van der Waals surface area (Å²) in [4.78, 5) is 24.2. The van der Waals surface area contributed by atoms with Gasteiger partial charge in [0.2, 0.25) is 0 Å². The number of carbonyl (C=O) groups excluding carboxylic acids is 2. The Morgan fingerprint density at radius 2 is 1.70 bits per heavy atom. The molecule has 6 heteroatoms. The topological polar surface area (TPSA) is 55.4 Å². The molecule has 0 saturated heterocycles. The van der Waals surface area contributed by atoms with Gasteiger partial charge in [-0.1, -0.05) is 26.0 Å². The van der Waals surface area contributed by atoms with Crippen molar-refractivity contribution in [2.75, 3.05) is 5.32 Å². The van der Waals surface area contributed by atoms with Gasteiger partial charge in [0, 0.05) is 12.1 Å². The van der Waals surface area contributed by atoms with Crippen molar-refractivity contribution in [1.29, 1.82) is 0 Å². The minimum Gasteiger partial charge on any atom is -0.452 e. The number of benzene rings is 1. The number of ether oxygens (including phenoxy) is 1. The summed E-state index contributed by atoms with van der Waals surface area (Å²) >= 11 is 11.9. The molecular weight excluding hydrogens is 337 g/mol. The molecule has 4 nitrogen and oxygen atoms in total. The lowest BCUT2D eigenvalue weighted by Crippen LogP contribution is -2.33. The van der Waals surface area contributed by atoms with E-state index >= 15 is 0 Å². The molecule has 126 valence electrons. The first kappa shape index (κ1) is 18.1. The third kappa shape index (κ3) is 3.81. The lowest BCUT2D eigenvalue weighted by molar-refractivity contribution is -0.158. The van der Waals surface area contributed by atoms with E-state index in [1.165, 1.54) is 12.5 Å². The van der Waals surface area contributed by atoms with Gasteiger partial charge in [-0.25, -0.2) is 0 Å². The smallest absolute Gasteiger partial charge is 0.315 e. The molecule has 0 aromatic heterocycles. The van der Waals surface area contributed by atoms with Crippen molar-refractivity contribution in [3.05, 3.63) is 29.8 Å². The van der Waals surface area contributed by atoms with Gasteiger partial charge in [-0.2, -0.15) is 0 Å². The molecule has 0 bridgehead atoms. The molecule has 1 aromatic rings. The number of esters is 1. The summed E-state index contributed by atoms with van der Waals surface area (Å²) in [5.41, 5.74) is 0.900. The lowest BCUT2D eigenvalue weighted by atomic mass is 10.0. The predicted octanol–water partition coefficient (Wildman–Crippen LogP) is 4.26. The number of alkyl halides is 2. The molecule has 0 heterocycles. The highest BCUT2D eigenvalue weighted by atomic mass is 35.5. The molecule has 1 aliphatic rings. The van der Waals surface area contributed by atoms with Crippen LogP contribution in [0.1, 0.15) is 45.6 Å². The van der Waals surface area contributed by atoms with E-state index in [0.717, 1.165) is 0 Å². The van der Waals surface area contributed by atoms with Crippen LogP contribution in [0.25, 0.3) is 0 Å². The molecule has 1 saturated carbocycles. The van der Waals surface area contributed by atoms with Crippen LogP contribution in [0.4, 0.5) is 5.69 Å². The third-order valence-electron chi connectivity index (χ3n) is 4.21. The van der Waals surface area contributed by atoms with E-state index < -0.39 is 27.7 Å². The van der Waals surface area contributed by atoms with Crippen molar-refractivity contribution in [3.63, 3.8) is 0 Å². The van der Waals surface area contributed by atoms with Gasteiger partial charge in [-0.05, 0) is 37.5 Å². The Labute approximate surface area is 146 Å². The summed E-state index contributed by atoms with van der Waals surface area (Å²) in [5, 5.41) is 2.72. The van der Waals surface area contributed by atoms with Crippen LogP contribution in [0.2, 0.25) is 0 Å². The Kier molecular flexibility index (Phi) is 4.97. The maximum Gasteiger partial charge on any atom is 0.315 e. The maximum atomic E-state index is 12.1. The quantitative estimate of drug-likeness (QED) is 0.632. The fraction of sp³-hybridized carbons (Fsp3) is 0.529. The number of nitrogens with one attached hydrogen (secondary N) is 1. The normalized spacial score (nSPS) is 23.3. The summed E-state index contributed by atoms with van der Waals surface area (Å²) in [5.74, 6) is -0.528. The number of halogens is 2. The van der Waals surface area contributed by atoms with Gasteiger partial charge in [0.1, 0.15) is 9.75 Å². The zero-order valence-electron chi connectivity index (χ0n) is 13.7. The van der Waals surface area contributed by atoms with Gasteiger partial charge in [0.05, 0.1) is 0 Å². The number of hydrogen-bond donors (Lipinski definition) is 1. The molecule has 23 heavy (non-hydrogen) atoms. The summed E-state index contributed by atoms with van der Waals surface area (Å²) in [6.45, 7) is 7.35. The Balaban J connectivity index is 1.91. The van der Waals surface area contributed by atoms with Crippen LogP contribution in [0.15, 0.2) is 24.3 Å². The van der Waals surface area contributed by atoms with Crippen molar-refractivity contribution in [3.8, 4) is 0 Å². The van der Waals surface area contributed by atoms with E-state index in [4.69, 9.17) is 27.9 Å². The highest BCUT2D eigenvalue weighted by Gasteiger charge is 2.69. The monoisotopic (exact) mass is 357 g/mol. The first-order chi connectivity index (χ1) is 10.6. The highest BCUT2D eigenvalue weighted by molar-refractivity contribution is 6.53. The number of rotatable bonds is 5. The van der Waals surface area contributed by atoms with Crippen molar-refractivity contribution >= 4 is 40.8 Å². The average molecular weight is 358 g/mol. The van der Waals surface area contributed by atoms with Gasteiger partial charge in [-0.15, -0.1) is 23.2 Å². The van der Waals surface area contributed by atoms with E-state index in [2.05, 4.69) is 19.2 Å². The van der Waals surface area contributed by atoms with Crippen LogP contribution in [-0.2, 0) is 14.3 Å². The number of amides is 1. The van der Waals surface area contributed by atoms with Gasteiger partial charge >= 0.3 is 5.97 Å². The number of carbonyl (C=O) groups is 2. The molecule has 1 N–H and O–H groups in total. The fourth-order valence-corrected chi connectivity index (χ4v) is 2.85. The Morgan fingerprint density at radius 3 is 2.13 bits per heavy atom. The van der Waals surface area contributed by atoms with Crippen LogP contribution in [0.3, 0.4) is 0 Å². The molecule has 1 amide bonds. The van der Waals surface area contributed by atoms with Gasteiger partial charge in [0.25, 0.3) is 5.91 Å². The molecule has 1 aromatic carbocycles. The summed E-state index contributed by atoms with van der Waals surface area (Å²) in [6, 6.07) is 7.56. The van der Waals surface area contributed by atoms with Crippen molar-refractivity contribution in [1.82, 2.24) is 0 Å². The average Bonchev–Trinajstić information content (AvgIpc) is 2.99. The SMILES string of the molecule is CC(C)c1ccc(NC(=O)[C@@H](C)OC(=O)[C@]2(C)CC2(Cl)Cl)cc1. The molecule has 2 atom stereocenters. The molecule has 2 rings (SSSR count). The van der Waals surface area contributed by atoms with Gasteiger partial charge in [0.15, 0.2) is 6.10 Å². The second-order valence-electron chi connectivity index (χ2n) is 6.53. The number of anilines is 1. The molecule has 0 aliphatic heterocycles. The van der Waals surface area contributed by atoms with E-state index in [9.17, 15) is 9.59 Å². The fourth-order valence-electron chi connectivity index (χ4n) is 2.16. The van der Waals surface area contributed by atoms with Gasteiger partial charge in [-0.3, -0.25) is 9.59 Å². The summed E-state index contributed by atoms with van der Waals surface area (Å²) in [6.07, 6.45) is -0.596. The van der Waals surface area contributed by atoms with Crippen LogP contribution >= 0.6 is 23.2 Å². The van der Waals surface area contributed by atoms with E-state index in [0.29, 0.717) is 18.0 Å². The Hall–Kier alpha value is -1.26. The minimum atomic E-state index is -1.10. The molecule has 1 aliphatic carbocycles. The van der Waals surface area contributed by atoms with Crippen LogP contribution in [0, 0.1) is 5.41 Å². The molecule has 0 spiro atoms. The van der Waals surface area contributed by atoms with Crippen LogP contribution in [-0.4, -0.2) is 22.3 Å². The van der Waals surface area contributed by atoms with Crippen molar-refractivity contribution in [2.24, 2.45) is 5.41 Å². The summed E-state index contributed by atoms with van der Waals surface area (Å²) in [7, 11) is 0. The Bertz CT molecular complexity index is 613. The highest BCUT2D eigenvalue weighted by Crippen LogP contribution is 2.64. The molecular formula is C17H21Cl2NO3. The van der Waals surface area contributed by atoms with E-state index in [1.807, 2.05) is 24.3 Å². The lowest BCUT2D eigenvalue weighted by Gasteiger charge is -2.17. The zero-order valence-corrected chi connectivity index (χ0v) is 15.2. The molecule has 1 fully saturated rings. The van der Waals surface area contributed by atoms with E-state index in [-0.39, 0.29) is 0 Å². The largest absolute Gasteiger partial charge is 0.452 e. The summed E-state index contributed by atoms with van der Waals surface area (Å²) < 4.78 is 4.08. The third-order valence-corrected chi connectivity index (χ3v) is 5.31. The molecule has 0 radical (unpaired) electrons. The standard InChI is InChI=1S/C17H21Cl2NO3/c1-10(2)12-5-7-13(8-6-12)20-14(21)11(3)23-15(22)16(4)9-17(16,18)19/h5-8,10-11H,9H2,1-4H3,(H,20,21)/t11-,16+/m1/s1.